The lowest BCUT2D eigenvalue weighted by Crippen LogP contribution is -2.16. The molecule has 32 heavy (non-hydrogen) atoms. The fraction of sp³-hybridized carbons (Fsp3) is 0.280. The third kappa shape index (κ3) is 14.5. The molecule has 2 aromatic rings. The van der Waals surface area contributed by atoms with Crippen molar-refractivity contribution in [2.24, 2.45) is 0 Å². The van der Waals surface area contributed by atoms with E-state index in [1.165, 1.54) is 24.3 Å². The van der Waals surface area contributed by atoms with Crippen LogP contribution in [-0.4, -0.2) is 16.1 Å². The van der Waals surface area contributed by atoms with Gasteiger partial charge in [-0.25, -0.2) is 8.78 Å². The molecule has 0 heterocycles. The molecule has 0 spiro atoms. The summed E-state index contributed by atoms with van der Waals surface area (Å²) in [7, 11) is -2.52. The van der Waals surface area contributed by atoms with Crippen molar-refractivity contribution in [2.75, 3.05) is 0 Å². The summed E-state index contributed by atoms with van der Waals surface area (Å²) in [5.74, 6) is 2.04. The molecule has 0 amide bonds. The number of hydrogen-bond acceptors (Lipinski definition) is 2. The zero-order valence-electron chi connectivity index (χ0n) is 18.6. The zero-order valence-corrected chi connectivity index (χ0v) is 22.7. The number of benzene rings is 2. The highest BCUT2D eigenvalue weighted by atomic mass is 127. The van der Waals surface area contributed by atoms with Crippen molar-refractivity contribution in [3.05, 3.63) is 68.3 Å². The van der Waals surface area contributed by atoms with Gasteiger partial charge in [0.25, 0.3) is 0 Å². The maximum absolute atomic E-state index is 13.0. The summed E-state index contributed by atoms with van der Waals surface area (Å²) in [5.41, 5.74) is 6.77. The number of halogens is 3. The summed E-state index contributed by atoms with van der Waals surface area (Å²) >= 11 is 2.03. The molecule has 0 aliphatic carbocycles. The summed E-state index contributed by atoms with van der Waals surface area (Å²) in [5, 5.41) is 17.0. The van der Waals surface area contributed by atoms with Crippen molar-refractivity contribution in [1.82, 2.24) is 0 Å². The van der Waals surface area contributed by atoms with Gasteiger partial charge in [0.15, 0.2) is 0 Å². The lowest BCUT2D eigenvalue weighted by molar-refractivity contribution is 0.623. The first kappa shape index (κ1) is 31.7. The molecule has 0 saturated carbocycles. The monoisotopic (exact) mass is 578 g/mol. The van der Waals surface area contributed by atoms with Crippen LogP contribution >= 0.6 is 22.6 Å². The Morgan fingerprint density at radius 1 is 0.812 bits per heavy atom. The second kappa shape index (κ2) is 14.6. The van der Waals surface area contributed by atoms with Crippen molar-refractivity contribution in [3.63, 3.8) is 0 Å². The molecular weight excluding hydrogens is 549 g/mol. The second-order valence-corrected chi connectivity index (χ2v) is 19.2. The van der Waals surface area contributed by atoms with E-state index >= 15 is 0 Å². The molecule has 2 rings (SSSR count). The van der Waals surface area contributed by atoms with E-state index in [2.05, 4.69) is 56.3 Å². The molecule has 0 aliphatic heterocycles. The maximum Gasteiger partial charge on any atom is 0.141 e. The van der Waals surface area contributed by atoms with E-state index in [4.69, 9.17) is 16.9 Å². The van der Waals surface area contributed by atoms with Crippen molar-refractivity contribution in [2.45, 2.75) is 46.7 Å². The maximum atomic E-state index is 13.0. The molecule has 2 nitrogen and oxygen atoms in total. The Kier molecular flexibility index (Phi) is 14.5. The smallest absolute Gasteiger partial charge is 0.141 e. The van der Waals surface area contributed by atoms with Crippen LogP contribution in [0.3, 0.4) is 0 Å². The Morgan fingerprint density at radius 3 is 1.62 bits per heavy atom. The zero-order chi connectivity index (χ0) is 24.2. The number of nitrogens with zero attached hydrogens (tertiary/aromatic N) is 2. The summed E-state index contributed by atoms with van der Waals surface area (Å²) in [6.07, 6.45) is 5.12. The quantitative estimate of drug-likeness (QED) is 0.186. The van der Waals surface area contributed by atoms with Gasteiger partial charge < -0.3 is 0 Å². The molecule has 0 radical (unpaired) electrons. The van der Waals surface area contributed by atoms with Gasteiger partial charge in [-0.05, 0) is 59.0 Å². The van der Waals surface area contributed by atoms with Crippen LogP contribution in [0.2, 0.25) is 39.3 Å². The molecule has 0 aliphatic rings. The molecule has 168 valence electrons. The largest absolute Gasteiger partial charge is 0.206 e. The van der Waals surface area contributed by atoms with Crippen molar-refractivity contribution in [1.29, 1.82) is 10.5 Å². The Balaban J connectivity index is 0. The summed E-state index contributed by atoms with van der Waals surface area (Å²) in [4.78, 5) is 0. The van der Waals surface area contributed by atoms with Crippen LogP contribution < -0.4 is 0 Å². The first-order valence-corrected chi connectivity index (χ1v) is 17.4. The Morgan fingerprint density at radius 2 is 1.25 bits per heavy atom. The molecular formula is C25H29F2IN2Si2. The lowest BCUT2D eigenvalue weighted by atomic mass is 10.1. The molecule has 0 unspecified atom stereocenters. The van der Waals surface area contributed by atoms with Crippen LogP contribution in [0.1, 0.15) is 24.1 Å². The molecule has 7 heteroatoms. The average Bonchev–Trinajstić information content (AvgIpc) is 2.69. The molecule has 0 saturated heterocycles. The molecule has 0 bridgehead atoms. The molecule has 0 aromatic heterocycles. The van der Waals surface area contributed by atoms with Crippen LogP contribution in [0.5, 0.6) is 0 Å². The molecule has 0 N–H and O–H groups in total. The highest BCUT2D eigenvalue weighted by molar-refractivity contribution is 14.1. The third-order valence-electron chi connectivity index (χ3n) is 3.15. The Hall–Kier alpha value is -2.44. The van der Waals surface area contributed by atoms with Gasteiger partial charge in [-0.15, -0.1) is 17.5 Å². The first-order chi connectivity index (χ1) is 14.2. The fourth-order valence-electron chi connectivity index (χ4n) is 1.53. The van der Waals surface area contributed by atoms with Gasteiger partial charge in [-0.1, -0.05) is 52.6 Å². The molecule has 0 fully saturated rings. The van der Waals surface area contributed by atoms with Gasteiger partial charge in [0, 0.05) is 9.13 Å². The van der Waals surface area contributed by atoms with E-state index in [0.29, 0.717) is 5.56 Å². The van der Waals surface area contributed by atoms with Gasteiger partial charge in [-0.2, -0.15) is 10.5 Å². The van der Waals surface area contributed by atoms with Crippen LogP contribution in [0.15, 0.2) is 36.4 Å². The van der Waals surface area contributed by atoms with Crippen LogP contribution in [0.4, 0.5) is 8.78 Å². The SMILES string of the molecule is C.C#C[Si](C)(C)C.C[Si](C)(C)C#Cc1ccc(F)c(C#N)c1.N#Cc1cc(I)ccc1F. The Bertz CT molecular complexity index is 1090. The summed E-state index contributed by atoms with van der Waals surface area (Å²) < 4.78 is 26.4. The van der Waals surface area contributed by atoms with Gasteiger partial charge in [-0.3, -0.25) is 0 Å². The van der Waals surface area contributed by atoms with E-state index in [1.807, 2.05) is 22.6 Å². The third-order valence-corrected chi connectivity index (χ3v) is 5.56. The van der Waals surface area contributed by atoms with Crippen molar-refractivity contribution >= 4 is 38.7 Å². The Labute approximate surface area is 207 Å². The minimum atomic E-state index is -1.42. The van der Waals surface area contributed by atoms with Gasteiger partial charge in [0.1, 0.15) is 39.9 Å². The van der Waals surface area contributed by atoms with E-state index in [-0.39, 0.29) is 18.6 Å². The van der Waals surface area contributed by atoms with Crippen molar-refractivity contribution < 1.29 is 8.78 Å². The van der Waals surface area contributed by atoms with Gasteiger partial charge in [0.05, 0.1) is 11.1 Å². The highest BCUT2D eigenvalue weighted by Gasteiger charge is 2.08. The average molecular weight is 579 g/mol. The predicted molar refractivity (Wildman–Crippen MR) is 144 cm³/mol. The fourth-order valence-corrected chi connectivity index (χ4v) is 2.54. The van der Waals surface area contributed by atoms with Gasteiger partial charge >= 0.3 is 0 Å². The summed E-state index contributed by atoms with van der Waals surface area (Å²) in [6.45, 7) is 12.8. The lowest BCUT2D eigenvalue weighted by Gasteiger charge is -2.03. The standard InChI is InChI=1S/C12H12FNSi.C7H3FIN.C5H10Si.CH4/c1-15(2,3)7-6-10-4-5-12(13)11(8-10)9-14;8-7-2-1-6(9)3-5(7)4-10;1-5-6(2,3)4;/h4-5,8H,1-3H3;1-3H;1H,2-4H3;1H4. The molecule has 0 atom stereocenters. The van der Waals surface area contributed by atoms with E-state index in [9.17, 15) is 8.78 Å². The number of rotatable bonds is 0. The topological polar surface area (TPSA) is 47.6 Å². The number of terminal acetylenes is 1. The highest BCUT2D eigenvalue weighted by Crippen LogP contribution is 2.11. The van der Waals surface area contributed by atoms with Crippen LogP contribution in [0, 0.1) is 61.3 Å². The number of hydrogen-bond donors (Lipinski definition) is 0. The van der Waals surface area contributed by atoms with E-state index in [1.54, 1.807) is 24.3 Å². The normalized spacial score (nSPS) is 9.44. The minimum Gasteiger partial charge on any atom is -0.206 e. The van der Waals surface area contributed by atoms with E-state index in [0.717, 1.165) is 3.57 Å². The van der Waals surface area contributed by atoms with Gasteiger partial charge in [0.2, 0.25) is 0 Å². The molecule has 2 aromatic carbocycles. The van der Waals surface area contributed by atoms with E-state index < -0.39 is 27.8 Å². The summed E-state index contributed by atoms with van der Waals surface area (Å²) in [6, 6.07) is 12.4. The van der Waals surface area contributed by atoms with Crippen LogP contribution in [0.25, 0.3) is 0 Å². The van der Waals surface area contributed by atoms with Crippen molar-refractivity contribution in [3.8, 4) is 35.6 Å². The first-order valence-electron chi connectivity index (χ1n) is 9.28. The second-order valence-electron chi connectivity index (χ2n) is 8.44. The van der Waals surface area contributed by atoms with Crippen LogP contribution in [-0.2, 0) is 0 Å². The predicted octanol–water partition coefficient (Wildman–Crippen LogP) is 7.36. The number of nitriles is 2. The minimum absolute atomic E-state index is 0.